The van der Waals surface area contributed by atoms with E-state index in [-0.39, 0.29) is 5.79 Å². The van der Waals surface area contributed by atoms with E-state index in [1.54, 1.807) is 5.57 Å². The standard InChI is InChI=1S/C15H22O2/c1-11-3-2-4-12-9-13-10-14(11,12)5-6-15(13)16-7-8-17-15/h3,12-13H,2,4-10H2,1H3/t12-,13?,14+/m0/s1. The lowest BCUT2D eigenvalue weighted by atomic mass is 9.62. The Kier molecular flexibility index (Phi) is 2.09. The Morgan fingerprint density at radius 3 is 2.82 bits per heavy atom. The second-order valence-electron chi connectivity index (χ2n) is 6.46. The van der Waals surface area contributed by atoms with Crippen LogP contribution in [0.4, 0.5) is 0 Å². The number of rotatable bonds is 0. The lowest BCUT2D eigenvalue weighted by Crippen LogP contribution is -2.44. The summed E-state index contributed by atoms with van der Waals surface area (Å²) >= 11 is 0. The van der Waals surface area contributed by atoms with Crippen LogP contribution in [-0.4, -0.2) is 19.0 Å². The second-order valence-corrected chi connectivity index (χ2v) is 6.46. The Morgan fingerprint density at radius 1 is 1.18 bits per heavy atom. The van der Waals surface area contributed by atoms with Crippen molar-refractivity contribution in [3.63, 3.8) is 0 Å². The molecule has 0 amide bonds. The van der Waals surface area contributed by atoms with Gasteiger partial charge in [0.15, 0.2) is 5.79 Å². The van der Waals surface area contributed by atoms with Gasteiger partial charge >= 0.3 is 0 Å². The molecule has 2 nitrogen and oxygen atoms in total. The van der Waals surface area contributed by atoms with Gasteiger partial charge in [-0.15, -0.1) is 0 Å². The fraction of sp³-hybridized carbons (Fsp3) is 0.867. The molecule has 94 valence electrons. The lowest BCUT2D eigenvalue weighted by molar-refractivity contribution is -0.212. The average Bonchev–Trinajstić information content (AvgIpc) is 2.89. The highest BCUT2D eigenvalue weighted by atomic mass is 16.7. The van der Waals surface area contributed by atoms with Crippen molar-refractivity contribution in [1.82, 2.24) is 0 Å². The van der Waals surface area contributed by atoms with Crippen LogP contribution in [0.25, 0.3) is 0 Å². The van der Waals surface area contributed by atoms with E-state index in [9.17, 15) is 0 Å². The molecule has 1 aliphatic heterocycles. The number of fused-ring (bicyclic) bond motifs is 2. The molecule has 2 spiro atoms. The van der Waals surface area contributed by atoms with Crippen molar-refractivity contribution in [1.29, 1.82) is 0 Å². The normalized spacial score (nSPS) is 47.0. The monoisotopic (exact) mass is 234 g/mol. The summed E-state index contributed by atoms with van der Waals surface area (Å²) in [7, 11) is 0. The first-order chi connectivity index (χ1) is 8.25. The summed E-state index contributed by atoms with van der Waals surface area (Å²) in [6.45, 7) is 3.98. The van der Waals surface area contributed by atoms with Crippen molar-refractivity contribution in [2.24, 2.45) is 17.3 Å². The Hall–Kier alpha value is -0.340. The molecule has 0 radical (unpaired) electrons. The molecule has 3 aliphatic carbocycles. The van der Waals surface area contributed by atoms with Crippen LogP contribution in [0.1, 0.15) is 45.4 Å². The maximum absolute atomic E-state index is 6.01. The minimum absolute atomic E-state index is 0.178. The minimum atomic E-state index is -0.178. The van der Waals surface area contributed by atoms with Crippen LogP contribution >= 0.6 is 0 Å². The molecule has 2 bridgehead atoms. The van der Waals surface area contributed by atoms with E-state index in [0.717, 1.165) is 25.6 Å². The molecule has 0 aromatic heterocycles. The minimum Gasteiger partial charge on any atom is -0.347 e. The van der Waals surface area contributed by atoms with Crippen LogP contribution in [0.5, 0.6) is 0 Å². The molecule has 0 aromatic carbocycles. The van der Waals surface area contributed by atoms with Gasteiger partial charge in [-0.05, 0) is 50.4 Å². The smallest absolute Gasteiger partial charge is 0.171 e. The molecule has 17 heavy (non-hydrogen) atoms. The van der Waals surface area contributed by atoms with Crippen molar-refractivity contribution >= 4 is 0 Å². The first-order valence-corrected chi connectivity index (χ1v) is 7.20. The summed E-state index contributed by atoms with van der Waals surface area (Å²) in [5.41, 5.74) is 2.20. The van der Waals surface area contributed by atoms with Gasteiger partial charge in [0.25, 0.3) is 0 Å². The molecule has 2 heteroatoms. The molecular weight excluding hydrogens is 212 g/mol. The van der Waals surface area contributed by atoms with E-state index in [1.807, 2.05) is 0 Å². The van der Waals surface area contributed by atoms with Crippen molar-refractivity contribution < 1.29 is 9.47 Å². The summed E-state index contributed by atoms with van der Waals surface area (Å²) in [5, 5.41) is 0. The van der Waals surface area contributed by atoms with Gasteiger partial charge in [-0.25, -0.2) is 0 Å². The molecule has 0 N–H and O–H groups in total. The van der Waals surface area contributed by atoms with Crippen LogP contribution in [-0.2, 0) is 9.47 Å². The highest BCUT2D eigenvalue weighted by molar-refractivity contribution is 5.24. The van der Waals surface area contributed by atoms with E-state index >= 15 is 0 Å². The summed E-state index contributed by atoms with van der Waals surface area (Å²) in [5.74, 6) is 1.39. The summed E-state index contributed by atoms with van der Waals surface area (Å²) in [4.78, 5) is 0. The van der Waals surface area contributed by atoms with E-state index in [0.29, 0.717) is 11.3 Å². The van der Waals surface area contributed by atoms with E-state index in [4.69, 9.17) is 9.47 Å². The third-order valence-corrected chi connectivity index (χ3v) is 6.03. The van der Waals surface area contributed by atoms with Gasteiger partial charge in [0.05, 0.1) is 13.2 Å². The van der Waals surface area contributed by atoms with Gasteiger partial charge in [0.2, 0.25) is 0 Å². The summed E-state index contributed by atoms with van der Waals surface area (Å²) in [6.07, 6.45) is 10.2. The molecule has 1 unspecified atom stereocenters. The van der Waals surface area contributed by atoms with Gasteiger partial charge in [0, 0.05) is 12.3 Å². The predicted octanol–water partition coefficient (Wildman–Crippen LogP) is 3.28. The van der Waals surface area contributed by atoms with Gasteiger partial charge in [0.1, 0.15) is 0 Å². The van der Waals surface area contributed by atoms with Gasteiger partial charge < -0.3 is 9.47 Å². The van der Waals surface area contributed by atoms with Crippen LogP contribution in [0, 0.1) is 17.3 Å². The summed E-state index contributed by atoms with van der Waals surface area (Å²) in [6, 6.07) is 0. The maximum Gasteiger partial charge on any atom is 0.171 e. The second kappa shape index (κ2) is 3.36. The van der Waals surface area contributed by atoms with E-state index in [2.05, 4.69) is 13.0 Å². The molecule has 4 rings (SSSR count). The van der Waals surface area contributed by atoms with Crippen molar-refractivity contribution in [3.8, 4) is 0 Å². The van der Waals surface area contributed by atoms with Crippen molar-refractivity contribution in [3.05, 3.63) is 11.6 Å². The fourth-order valence-electron chi connectivity index (χ4n) is 5.13. The van der Waals surface area contributed by atoms with Crippen LogP contribution in [0.3, 0.4) is 0 Å². The predicted molar refractivity (Wildman–Crippen MR) is 65.5 cm³/mol. The van der Waals surface area contributed by atoms with E-state index < -0.39 is 0 Å². The molecule has 3 fully saturated rings. The lowest BCUT2D eigenvalue weighted by Gasteiger charge is -2.45. The zero-order valence-electron chi connectivity index (χ0n) is 10.7. The largest absolute Gasteiger partial charge is 0.347 e. The highest BCUT2D eigenvalue weighted by Gasteiger charge is 2.61. The maximum atomic E-state index is 6.01. The number of ether oxygens (including phenoxy) is 2. The highest BCUT2D eigenvalue weighted by Crippen LogP contribution is 2.65. The first kappa shape index (κ1) is 10.6. The fourth-order valence-corrected chi connectivity index (χ4v) is 5.13. The van der Waals surface area contributed by atoms with Gasteiger partial charge in [-0.3, -0.25) is 0 Å². The first-order valence-electron chi connectivity index (χ1n) is 7.20. The van der Waals surface area contributed by atoms with E-state index in [1.165, 1.54) is 32.1 Å². The van der Waals surface area contributed by atoms with Crippen molar-refractivity contribution in [2.45, 2.75) is 51.2 Å². The zero-order chi connectivity index (χ0) is 11.5. The summed E-state index contributed by atoms with van der Waals surface area (Å²) < 4.78 is 12.0. The molecule has 2 saturated carbocycles. The van der Waals surface area contributed by atoms with Gasteiger partial charge in [-0.2, -0.15) is 0 Å². The Labute approximate surface area is 103 Å². The topological polar surface area (TPSA) is 18.5 Å². The molecule has 1 saturated heterocycles. The quantitative estimate of drug-likeness (QED) is 0.599. The number of hydrogen-bond donors (Lipinski definition) is 0. The van der Waals surface area contributed by atoms with Crippen molar-refractivity contribution in [2.75, 3.05) is 13.2 Å². The third-order valence-electron chi connectivity index (χ3n) is 6.03. The SMILES string of the molecule is CC1=CCC[C@H]2CC3C[C@]12CCC31OCCO1. The molecule has 3 atom stereocenters. The number of allylic oxidation sites excluding steroid dienone is 2. The Balaban J connectivity index is 1.70. The molecular formula is C15H22O2. The zero-order valence-corrected chi connectivity index (χ0v) is 10.7. The average molecular weight is 234 g/mol. The third kappa shape index (κ3) is 1.23. The molecule has 4 aliphatic rings. The van der Waals surface area contributed by atoms with Crippen LogP contribution < -0.4 is 0 Å². The van der Waals surface area contributed by atoms with Crippen LogP contribution in [0.2, 0.25) is 0 Å². The Morgan fingerprint density at radius 2 is 2.00 bits per heavy atom. The Bertz CT molecular complexity index is 367. The molecule has 0 aromatic rings. The van der Waals surface area contributed by atoms with Crippen LogP contribution in [0.15, 0.2) is 11.6 Å². The number of hydrogen-bond acceptors (Lipinski definition) is 2. The van der Waals surface area contributed by atoms with Gasteiger partial charge in [-0.1, -0.05) is 11.6 Å². The molecule has 1 heterocycles.